The standard InChI is InChI=1S/C13H16ClN3O2/c1-10(18)13-9-17(16-15-13)7-2-8-19-12-5-3-11(14)4-6-12/h3-6,9-10,18H,2,7-8H2,1H3. The number of hydrogen-bond acceptors (Lipinski definition) is 4. The third kappa shape index (κ3) is 4.22. The van der Waals surface area contributed by atoms with E-state index >= 15 is 0 Å². The number of aliphatic hydroxyl groups excluding tert-OH is 1. The molecule has 0 aliphatic carbocycles. The van der Waals surface area contributed by atoms with E-state index in [9.17, 15) is 5.11 Å². The van der Waals surface area contributed by atoms with Crippen molar-refractivity contribution < 1.29 is 9.84 Å². The second-order valence-corrected chi connectivity index (χ2v) is 4.67. The first-order chi connectivity index (χ1) is 9.15. The van der Waals surface area contributed by atoms with Gasteiger partial charge in [0.25, 0.3) is 0 Å². The SMILES string of the molecule is CC(O)c1cn(CCCOc2ccc(Cl)cc2)nn1. The van der Waals surface area contributed by atoms with Crippen LogP contribution in [0.1, 0.15) is 25.1 Å². The molecule has 1 heterocycles. The summed E-state index contributed by atoms with van der Waals surface area (Å²) in [4.78, 5) is 0. The van der Waals surface area contributed by atoms with Crippen LogP contribution in [-0.4, -0.2) is 26.7 Å². The number of aliphatic hydroxyl groups is 1. The summed E-state index contributed by atoms with van der Waals surface area (Å²) in [7, 11) is 0. The number of rotatable bonds is 6. The van der Waals surface area contributed by atoms with Crippen LogP contribution in [0.25, 0.3) is 0 Å². The Kier molecular flexibility index (Phi) is 4.76. The molecule has 6 heteroatoms. The predicted octanol–water partition coefficient (Wildman–Crippen LogP) is 2.45. The van der Waals surface area contributed by atoms with Crippen LogP contribution in [0, 0.1) is 0 Å². The highest BCUT2D eigenvalue weighted by Crippen LogP contribution is 2.15. The van der Waals surface area contributed by atoms with Gasteiger partial charge in [-0.2, -0.15) is 0 Å². The van der Waals surface area contributed by atoms with Gasteiger partial charge in [-0.3, -0.25) is 4.68 Å². The third-order valence-corrected chi connectivity index (χ3v) is 2.85. The normalized spacial score (nSPS) is 12.4. The zero-order valence-corrected chi connectivity index (χ0v) is 11.4. The van der Waals surface area contributed by atoms with Crippen LogP contribution in [-0.2, 0) is 6.54 Å². The molecule has 0 bridgehead atoms. The Balaban J connectivity index is 1.72. The summed E-state index contributed by atoms with van der Waals surface area (Å²) >= 11 is 5.79. The van der Waals surface area contributed by atoms with Crippen molar-refractivity contribution in [2.75, 3.05) is 6.61 Å². The third-order valence-electron chi connectivity index (χ3n) is 2.60. The van der Waals surface area contributed by atoms with Gasteiger partial charge in [0.15, 0.2) is 0 Å². The van der Waals surface area contributed by atoms with E-state index in [2.05, 4.69) is 10.3 Å². The number of aryl methyl sites for hydroxylation is 1. The maximum atomic E-state index is 9.33. The highest BCUT2D eigenvalue weighted by Gasteiger charge is 2.05. The fourth-order valence-electron chi connectivity index (χ4n) is 1.56. The molecule has 0 amide bonds. The second-order valence-electron chi connectivity index (χ2n) is 4.24. The highest BCUT2D eigenvalue weighted by molar-refractivity contribution is 6.30. The molecule has 1 aromatic heterocycles. The van der Waals surface area contributed by atoms with Gasteiger partial charge in [0, 0.05) is 18.0 Å². The molecule has 1 atom stereocenters. The zero-order valence-electron chi connectivity index (χ0n) is 10.7. The molecule has 5 nitrogen and oxygen atoms in total. The lowest BCUT2D eigenvalue weighted by Crippen LogP contribution is -2.05. The minimum Gasteiger partial charge on any atom is -0.494 e. The average molecular weight is 282 g/mol. The van der Waals surface area contributed by atoms with E-state index in [1.54, 1.807) is 29.9 Å². The number of ether oxygens (including phenoxy) is 1. The van der Waals surface area contributed by atoms with E-state index in [0.717, 1.165) is 12.2 Å². The lowest BCUT2D eigenvalue weighted by atomic mass is 10.3. The van der Waals surface area contributed by atoms with Crippen LogP contribution in [0.3, 0.4) is 0 Å². The lowest BCUT2D eigenvalue weighted by molar-refractivity contribution is 0.194. The van der Waals surface area contributed by atoms with Gasteiger partial charge in [-0.05, 0) is 31.2 Å². The van der Waals surface area contributed by atoms with Gasteiger partial charge < -0.3 is 9.84 Å². The summed E-state index contributed by atoms with van der Waals surface area (Å²) in [5.41, 5.74) is 0.582. The van der Waals surface area contributed by atoms with Gasteiger partial charge in [0.1, 0.15) is 11.4 Å². The summed E-state index contributed by atoms with van der Waals surface area (Å²) in [6, 6.07) is 7.26. The van der Waals surface area contributed by atoms with Crippen molar-refractivity contribution in [2.24, 2.45) is 0 Å². The number of benzene rings is 1. The van der Waals surface area contributed by atoms with Gasteiger partial charge in [-0.15, -0.1) is 5.10 Å². The van der Waals surface area contributed by atoms with Crippen LogP contribution in [0.15, 0.2) is 30.5 Å². The first kappa shape index (κ1) is 13.8. The van der Waals surface area contributed by atoms with Crippen molar-refractivity contribution >= 4 is 11.6 Å². The quantitative estimate of drug-likeness (QED) is 0.826. The second kappa shape index (κ2) is 6.54. The zero-order chi connectivity index (χ0) is 13.7. The monoisotopic (exact) mass is 281 g/mol. The topological polar surface area (TPSA) is 60.2 Å². The van der Waals surface area contributed by atoms with E-state index in [-0.39, 0.29) is 0 Å². The Labute approximate surface area is 116 Å². The average Bonchev–Trinajstić information content (AvgIpc) is 2.86. The number of aromatic nitrogens is 3. The molecule has 0 radical (unpaired) electrons. The van der Waals surface area contributed by atoms with Gasteiger partial charge in [-0.25, -0.2) is 0 Å². The van der Waals surface area contributed by atoms with Crippen LogP contribution in [0.4, 0.5) is 0 Å². The van der Waals surface area contributed by atoms with E-state index in [1.165, 1.54) is 0 Å². The molecular formula is C13H16ClN3O2. The molecule has 1 aromatic carbocycles. The van der Waals surface area contributed by atoms with Crippen molar-refractivity contribution in [3.63, 3.8) is 0 Å². The molecule has 102 valence electrons. The van der Waals surface area contributed by atoms with E-state index in [4.69, 9.17) is 16.3 Å². The minimum atomic E-state index is -0.584. The Morgan fingerprint density at radius 1 is 1.37 bits per heavy atom. The van der Waals surface area contributed by atoms with Gasteiger partial charge >= 0.3 is 0 Å². The highest BCUT2D eigenvalue weighted by atomic mass is 35.5. The van der Waals surface area contributed by atoms with Crippen LogP contribution in [0.5, 0.6) is 5.75 Å². The molecule has 1 unspecified atom stereocenters. The molecule has 2 aromatic rings. The first-order valence-electron chi connectivity index (χ1n) is 6.11. The summed E-state index contributed by atoms with van der Waals surface area (Å²) in [5, 5.41) is 17.8. The fraction of sp³-hybridized carbons (Fsp3) is 0.385. The summed E-state index contributed by atoms with van der Waals surface area (Å²) < 4.78 is 7.27. The Bertz CT molecular complexity index is 511. The van der Waals surface area contributed by atoms with Gasteiger partial charge in [0.2, 0.25) is 0 Å². The summed E-state index contributed by atoms with van der Waals surface area (Å²) in [5.74, 6) is 0.799. The summed E-state index contributed by atoms with van der Waals surface area (Å²) in [6.45, 7) is 2.96. The maximum absolute atomic E-state index is 9.33. The van der Waals surface area contributed by atoms with Gasteiger partial charge in [-0.1, -0.05) is 16.8 Å². The largest absolute Gasteiger partial charge is 0.494 e. The number of halogens is 1. The molecule has 0 aliphatic heterocycles. The number of nitrogens with zero attached hydrogens (tertiary/aromatic N) is 3. The molecule has 0 saturated heterocycles. The van der Waals surface area contributed by atoms with E-state index < -0.39 is 6.10 Å². The van der Waals surface area contributed by atoms with Crippen LogP contribution >= 0.6 is 11.6 Å². The van der Waals surface area contributed by atoms with E-state index in [1.807, 2.05) is 12.1 Å². The first-order valence-corrected chi connectivity index (χ1v) is 6.49. The van der Waals surface area contributed by atoms with Crippen molar-refractivity contribution in [3.8, 4) is 5.75 Å². The number of hydrogen-bond donors (Lipinski definition) is 1. The Hall–Kier alpha value is -1.59. The Morgan fingerprint density at radius 3 is 2.74 bits per heavy atom. The lowest BCUT2D eigenvalue weighted by Gasteiger charge is -2.05. The van der Waals surface area contributed by atoms with Crippen molar-refractivity contribution in [1.29, 1.82) is 0 Å². The molecule has 0 aliphatic rings. The van der Waals surface area contributed by atoms with Crippen molar-refractivity contribution in [3.05, 3.63) is 41.2 Å². The van der Waals surface area contributed by atoms with Crippen molar-refractivity contribution in [2.45, 2.75) is 26.0 Å². The molecule has 0 saturated carbocycles. The fourth-order valence-corrected chi connectivity index (χ4v) is 1.69. The molecule has 2 rings (SSSR count). The molecule has 0 fully saturated rings. The molecule has 19 heavy (non-hydrogen) atoms. The van der Waals surface area contributed by atoms with Crippen LogP contribution < -0.4 is 4.74 Å². The summed E-state index contributed by atoms with van der Waals surface area (Å²) in [6.07, 6.45) is 1.97. The van der Waals surface area contributed by atoms with Crippen LogP contribution in [0.2, 0.25) is 5.02 Å². The molecule has 1 N–H and O–H groups in total. The predicted molar refractivity (Wildman–Crippen MR) is 72.2 cm³/mol. The minimum absolute atomic E-state index is 0.582. The van der Waals surface area contributed by atoms with E-state index in [0.29, 0.717) is 23.9 Å². The maximum Gasteiger partial charge on any atom is 0.119 e. The molecular weight excluding hydrogens is 266 g/mol. The smallest absolute Gasteiger partial charge is 0.119 e. The molecule has 0 spiro atoms. The Morgan fingerprint density at radius 2 is 2.11 bits per heavy atom. The van der Waals surface area contributed by atoms with Crippen molar-refractivity contribution in [1.82, 2.24) is 15.0 Å². The van der Waals surface area contributed by atoms with Gasteiger partial charge in [0.05, 0.1) is 18.9 Å².